The SMILES string of the molecule is CC(C)(C)OC(=O)[C@H]1N(C(=O)[C@@H](N)C(C)(C)C)CC23CC12C3(C)C. The zero-order valence-corrected chi connectivity index (χ0v) is 16.3. The molecule has 3 fully saturated rings. The monoisotopic (exact) mass is 336 g/mol. The van der Waals surface area contributed by atoms with Gasteiger partial charge in [-0.25, -0.2) is 4.79 Å². The van der Waals surface area contributed by atoms with Crippen molar-refractivity contribution in [3.63, 3.8) is 0 Å². The van der Waals surface area contributed by atoms with Gasteiger partial charge in [0, 0.05) is 17.4 Å². The van der Waals surface area contributed by atoms with E-state index < -0.39 is 17.7 Å². The van der Waals surface area contributed by atoms with Gasteiger partial charge in [-0.1, -0.05) is 34.6 Å². The zero-order valence-electron chi connectivity index (χ0n) is 16.3. The molecule has 3 aliphatic rings. The molecule has 24 heavy (non-hydrogen) atoms. The van der Waals surface area contributed by atoms with E-state index >= 15 is 0 Å². The van der Waals surface area contributed by atoms with Gasteiger partial charge in [0.25, 0.3) is 0 Å². The maximum atomic E-state index is 13.0. The molecule has 5 nitrogen and oxygen atoms in total. The van der Waals surface area contributed by atoms with Crippen LogP contribution >= 0.6 is 0 Å². The summed E-state index contributed by atoms with van der Waals surface area (Å²) >= 11 is 0. The minimum absolute atomic E-state index is 0.0921. The minimum atomic E-state index is -0.616. The molecular weight excluding hydrogens is 304 g/mol. The number of nitrogens with two attached hydrogens (primary N) is 1. The molecule has 2 unspecified atom stereocenters. The van der Waals surface area contributed by atoms with Gasteiger partial charge in [-0.2, -0.15) is 0 Å². The molecule has 2 aliphatic carbocycles. The van der Waals surface area contributed by atoms with Crippen molar-refractivity contribution in [3.05, 3.63) is 0 Å². The number of likely N-dealkylation sites (tertiary alicyclic amines) is 1. The molecule has 3 rings (SSSR count). The Kier molecular flexibility index (Phi) is 3.21. The van der Waals surface area contributed by atoms with Crippen LogP contribution in [0.1, 0.15) is 61.8 Å². The number of hydrogen-bond donors (Lipinski definition) is 1. The molecule has 4 atom stereocenters. The summed E-state index contributed by atoms with van der Waals surface area (Å²) in [6.45, 7) is 16.5. The summed E-state index contributed by atoms with van der Waals surface area (Å²) in [5.41, 5.74) is 5.40. The summed E-state index contributed by atoms with van der Waals surface area (Å²) in [4.78, 5) is 27.7. The van der Waals surface area contributed by atoms with Crippen LogP contribution in [-0.2, 0) is 14.3 Å². The second kappa shape index (κ2) is 4.35. The lowest BCUT2D eigenvalue weighted by atomic mass is 9.80. The summed E-state index contributed by atoms with van der Waals surface area (Å²) in [5, 5.41) is 0. The van der Waals surface area contributed by atoms with Gasteiger partial charge >= 0.3 is 5.97 Å². The Hall–Kier alpha value is -1.10. The van der Waals surface area contributed by atoms with Crippen LogP contribution in [0.4, 0.5) is 0 Å². The fourth-order valence-corrected chi connectivity index (χ4v) is 5.15. The van der Waals surface area contributed by atoms with Crippen LogP contribution in [0.5, 0.6) is 0 Å². The van der Waals surface area contributed by atoms with Gasteiger partial charge in [0.1, 0.15) is 11.6 Å². The summed E-state index contributed by atoms with van der Waals surface area (Å²) < 4.78 is 5.67. The van der Waals surface area contributed by atoms with Crippen molar-refractivity contribution in [3.8, 4) is 0 Å². The molecule has 0 bridgehead atoms. The molecule has 1 aliphatic heterocycles. The molecule has 0 aromatic carbocycles. The molecule has 0 aromatic heterocycles. The summed E-state index contributed by atoms with van der Waals surface area (Å²) in [5.74, 6) is -0.401. The third-order valence-electron chi connectivity index (χ3n) is 6.89. The van der Waals surface area contributed by atoms with E-state index in [9.17, 15) is 9.59 Å². The van der Waals surface area contributed by atoms with Crippen molar-refractivity contribution in [2.75, 3.05) is 6.54 Å². The number of carbonyl (C=O) groups is 2. The average molecular weight is 336 g/mol. The molecule has 2 N–H and O–H groups in total. The Morgan fingerprint density at radius 3 is 2.12 bits per heavy atom. The van der Waals surface area contributed by atoms with Crippen molar-refractivity contribution in [1.29, 1.82) is 0 Å². The molecule has 136 valence electrons. The highest BCUT2D eigenvalue weighted by Crippen LogP contribution is 3.00. The van der Waals surface area contributed by atoms with Crippen LogP contribution < -0.4 is 5.73 Å². The van der Waals surface area contributed by atoms with Crippen LogP contribution in [0.25, 0.3) is 0 Å². The predicted molar refractivity (Wildman–Crippen MR) is 92.0 cm³/mol. The van der Waals surface area contributed by atoms with Crippen LogP contribution in [0.15, 0.2) is 0 Å². The van der Waals surface area contributed by atoms with E-state index in [-0.39, 0.29) is 33.5 Å². The number of hydrogen-bond acceptors (Lipinski definition) is 4. The number of carbonyl (C=O) groups excluding carboxylic acids is 2. The van der Waals surface area contributed by atoms with E-state index in [2.05, 4.69) is 13.8 Å². The van der Waals surface area contributed by atoms with Crippen LogP contribution in [-0.4, -0.2) is 41.0 Å². The van der Waals surface area contributed by atoms with Crippen molar-refractivity contribution in [1.82, 2.24) is 4.90 Å². The lowest BCUT2D eigenvalue weighted by Gasteiger charge is -2.41. The third kappa shape index (κ3) is 1.91. The molecule has 0 aromatic rings. The van der Waals surface area contributed by atoms with Crippen LogP contribution in [0.2, 0.25) is 0 Å². The van der Waals surface area contributed by atoms with Gasteiger partial charge in [-0.15, -0.1) is 0 Å². The fraction of sp³-hybridized carbons (Fsp3) is 0.895. The Balaban J connectivity index is 1.89. The number of amides is 1. The summed E-state index contributed by atoms with van der Waals surface area (Å²) in [6.07, 6.45) is 1.02. The summed E-state index contributed by atoms with van der Waals surface area (Å²) in [6, 6.07) is -1.11. The molecule has 1 saturated heterocycles. The quantitative estimate of drug-likeness (QED) is 0.786. The van der Waals surface area contributed by atoms with E-state index in [1.807, 2.05) is 41.5 Å². The van der Waals surface area contributed by atoms with E-state index in [1.165, 1.54) is 0 Å². The minimum Gasteiger partial charge on any atom is -0.458 e. The van der Waals surface area contributed by atoms with Crippen molar-refractivity contribution in [2.24, 2.45) is 27.4 Å². The number of nitrogens with zero attached hydrogens (tertiary/aromatic N) is 1. The van der Waals surface area contributed by atoms with Crippen molar-refractivity contribution >= 4 is 11.9 Å². The van der Waals surface area contributed by atoms with E-state index in [4.69, 9.17) is 10.5 Å². The van der Waals surface area contributed by atoms with Gasteiger partial charge in [0.15, 0.2) is 0 Å². The first kappa shape index (κ1) is 17.7. The summed E-state index contributed by atoms with van der Waals surface area (Å²) in [7, 11) is 0. The molecule has 0 spiro atoms. The zero-order chi connectivity index (χ0) is 18.5. The Morgan fingerprint density at radius 1 is 1.17 bits per heavy atom. The van der Waals surface area contributed by atoms with Gasteiger partial charge < -0.3 is 15.4 Å². The van der Waals surface area contributed by atoms with Gasteiger partial charge in [0.05, 0.1) is 6.04 Å². The van der Waals surface area contributed by atoms with E-state index in [0.717, 1.165) is 6.42 Å². The molecular formula is C19H32N2O3. The predicted octanol–water partition coefficient (Wildman–Crippen LogP) is 2.33. The maximum Gasteiger partial charge on any atom is 0.330 e. The van der Waals surface area contributed by atoms with Crippen molar-refractivity contribution in [2.45, 2.75) is 79.5 Å². The van der Waals surface area contributed by atoms with Crippen LogP contribution in [0, 0.1) is 21.7 Å². The first-order valence-electron chi connectivity index (χ1n) is 8.91. The molecule has 2 saturated carbocycles. The van der Waals surface area contributed by atoms with Gasteiger partial charge in [0.2, 0.25) is 5.91 Å². The van der Waals surface area contributed by atoms with Gasteiger partial charge in [-0.05, 0) is 38.0 Å². The Labute approximate surface area is 145 Å². The molecule has 5 heteroatoms. The normalized spacial score (nSPS) is 37.4. The molecule has 0 radical (unpaired) electrons. The fourth-order valence-electron chi connectivity index (χ4n) is 5.15. The lowest BCUT2D eigenvalue weighted by Crippen LogP contribution is -2.59. The standard InChI is InChI=1S/C19H32N2O3/c1-15(2,3)11(20)13(22)21-10-18-9-19(18,17(18,7)8)12(21)14(23)24-16(4,5)6/h11-12H,9-10,20H2,1-8H3/t11-,12-,18?,19?/m1/s1. The topological polar surface area (TPSA) is 72.6 Å². The lowest BCUT2D eigenvalue weighted by molar-refractivity contribution is -0.169. The molecule has 1 amide bonds. The second-order valence-electron chi connectivity index (χ2n) is 10.6. The highest BCUT2D eigenvalue weighted by atomic mass is 16.6. The number of esters is 1. The highest BCUT2D eigenvalue weighted by molar-refractivity contribution is 5.92. The number of rotatable bonds is 2. The largest absolute Gasteiger partial charge is 0.458 e. The first-order chi connectivity index (χ1) is 10.6. The first-order valence-corrected chi connectivity index (χ1v) is 8.91. The Bertz CT molecular complexity index is 613. The number of piperidine rings is 2. The molecule has 1 heterocycles. The second-order valence-corrected chi connectivity index (χ2v) is 10.6. The highest BCUT2D eigenvalue weighted by Gasteiger charge is 3.02. The van der Waals surface area contributed by atoms with Gasteiger partial charge in [-0.3, -0.25) is 4.79 Å². The van der Waals surface area contributed by atoms with E-state index in [0.29, 0.717) is 6.54 Å². The van der Waals surface area contributed by atoms with Crippen molar-refractivity contribution < 1.29 is 14.3 Å². The smallest absolute Gasteiger partial charge is 0.330 e. The average Bonchev–Trinajstić information content (AvgIpc) is 3.10. The third-order valence-corrected chi connectivity index (χ3v) is 6.89. The number of ether oxygens (including phenoxy) is 1. The van der Waals surface area contributed by atoms with Crippen LogP contribution in [0.3, 0.4) is 0 Å². The Morgan fingerprint density at radius 2 is 1.71 bits per heavy atom. The maximum absolute atomic E-state index is 13.0. The van der Waals surface area contributed by atoms with E-state index in [1.54, 1.807) is 4.90 Å².